The highest BCUT2D eigenvalue weighted by Gasteiger charge is 2.04. The van der Waals surface area contributed by atoms with Crippen LogP contribution in [0.5, 0.6) is 5.75 Å². The summed E-state index contributed by atoms with van der Waals surface area (Å²) in [5, 5.41) is 7.98. The predicted octanol–water partition coefficient (Wildman–Crippen LogP) is 2.08. The molecule has 0 amide bonds. The van der Waals surface area contributed by atoms with Gasteiger partial charge in [0.1, 0.15) is 18.1 Å². The lowest BCUT2D eigenvalue weighted by Gasteiger charge is -2.05. The fourth-order valence-corrected chi connectivity index (χ4v) is 1.60. The number of nitrogens with zero attached hydrogens (tertiary/aromatic N) is 3. The smallest absolute Gasteiger partial charge is 0.153 e. The molecule has 0 saturated heterocycles. The quantitative estimate of drug-likeness (QED) is 0.731. The van der Waals surface area contributed by atoms with Crippen LogP contribution in [-0.2, 0) is 13.2 Å². The molecule has 0 bridgehead atoms. The van der Waals surface area contributed by atoms with Crippen LogP contribution in [0.1, 0.15) is 29.4 Å². The number of aryl methyl sites for hydroxylation is 1. The van der Waals surface area contributed by atoms with Gasteiger partial charge in [-0.3, -0.25) is 9.48 Å². The van der Waals surface area contributed by atoms with Crippen LogP contribution in [0.25, 0.3) is 0 Å². The second kappa shape index (κ2) is 5.95. The minimum absolute atomic E-state index is 0.314. The van der Waals surface area contributed by atoms with E-state index in [2.05, 4.69) is 17.2 Å². The van der Waals surface area contributed by atoms with Crippen molar-refractivity contribution in [3.8, 4) is 5.75 Å². The zero-order chi connectivity index (χ0) is 12.8. The number of hydrogen-bond acceptors (Lipinski definition) is 4. The molecule has 18 heavy (non-hydrogen) atoms. The number of hydrogen-bond donors (Lipinski definition) is 0. The third-order valence-corrected chi connectivity index (χ3v) is 2.46. The highest BCUT2D eigenvalue weighted by atomic mass is 16.5. The maximum Gasteiger partial charge on any atom is 0.153 e. The summed E-state index contributed by atoms with van der Waals surface area (Å²) in [4.78, 5) is 10.8. The van der Waals surface area contributed by atoms with Crippen LogP contribution in [0.2, 0.25) is 0 Å². The summed E-state index contributed by atoms with van der Waals surface area (Å²) in [6, 6.07) is 7.11. The molecule has 1 aromatic carbocycles. The third-order valence-electron chi connectivity index (χ3n) is 2.46. The van der Waals surface area contributed by atoms with Gasteiger partial charge < -0.3 is 4.74 Å². The lowest BCUT2D eigenvalue weighted by atomic mass is 10.2. The number of benzene rings is 1. The molecule has 0 atom stereocenters. The number of para-hydroxylation sites is 1. The van der Waals surface area contributed by atoms with Crippen molar-refractivity contribution in [3.63, 3.8) is 0 Å². The molecule has 0 aliphatic rings. The second-order valence-corrected chi connectivity index (χ2v) is 3.92. The van der Waals surface area contributed by atoms with Gasteiger partial charge in [0.25, 0.3) is 0 Å². The van der Waals surface area contributed by atoms with Crippen molar-refractivity contribution in [2.24, 2.45) is 0 Å². The summed E-state index contributed by atoms with van der Waals surface area (Å²) in [5.41, 5.74) is 1.29. The largest absolute Gasteiger partial charge is 0.486 e. The van der Waals surface area contributed by atoms with Crippen LogP contribution < -0.4 is 4.74 Å². The number of rotatable bonds is 6. The number of aromatic nitrogens is 3. The van der Waals surface area contributed by atoms with E-state index >= 15 is 0 Å². The Bertz CT molecular complexity index is 522. The van der Waals surface area contributed by atoms with Gasteiger partial charge in [0.2, 0.25) is 0 Å². The van der Waals surface area contributed by atoms with E-state index in [1.54, 1.807) is 22.9 Å². The molecular formula is C13H15N3O2. The van der Waals surface area contributed by atoms with E-state index in [1.807, 2.05) is 12.3 Å². The lowest BCUT2D eigenvalue weighted by molar-refractivity contribution is 0.111. The summed E-state index contributed by atoms with van der Waals surface area (Å²) in [6.45, 7) is 3.24. The summed E-state index contributed by atoms with van der Waals surface area (Å²) in [6.07, 6.45) is 3.65. The summed E-state index contributed by atoms with van der Waals surface area (Å²) in [5.74, 6) is 0.567. The van der Waals surface area contributed by atoms with Crippen molar-refractivity contribution in [2.75, 3.05) is 0 Å². The first-order chi connectivity index (χ1) is 8.83. The third kappa shape index (κ3) is 2.94. The lowest BCUT2D eigenvalue weighted by Crippen LogP contribution is -1.98. The first-order valence-corrected chi connectivity index (χ1v) is 5.89. The zero-order valence-corrected chi connectivity index (χ0v) is 10.2. The van der Waals surface area contributed by atoms with Crippen molar-refractivity contribution in [3.05, 3.63) is 41.7 Å². The minimum Gasteiger partial charge on any atom is -0.486 e. The van der Waals surface area contributed by atoms with Gasteiger partial charge in [-0.05, 0) is 18.6 Å². The Balaban J connectivity index is 1.99. The van der Waals surface area contributed by atoms with Gasteiger partial charge in [-0.15, -0.1) is 5.10 Å². The predicted molar refractivity (Wildman–Crippen MR) is 66.5 cm³/mol. The normalized spacial score (nSPS) is 10.3. The molecule has 1 heterocycles. The topological polar surface area (TPSA) is 57.0 Å². The molecule has 2 rings (SSSR count). The molecule has 94 valence electrons. The summed E-state index contributed by atoms with van der Waals surface area (Å²) in [7, 11) is 0. The Hall–Kier alpha value is -2.17. The first kappa shape index (κ1) is 12.3. The maximum absolute atomic E-state index is 10.8. The Kier molecular flexibility index (Phi) is 4.06. The van der Waals surface area contributed by atoms with Crippen LogP contribution in [0.15, 0.2) is 30.5 Å². The molecule has 0 fully saturated rings. The molecule has 1 aromatic heterocycles. The van der Waals surface area contributed by atoms with Crippen molar-refractivity contribution >= 4 is 6.29 Å². The average molecular weight is 245 g/mol. The molecule has 0 unspecified atom stereocenters. The van der Waals surface area contributed by atoms with Crippen molar-refractivity contribution < 1.29 is 9.53 Å². The molecule has 0 aliphatic heterocycles. The average Bonchev–Trinajstić information content (AvgIpc) is 2.85. The first-order valence-electron chi connectivity index (χ1n) is 5.89. The maximum atomic E-state index is 10.8. The minimum atomic E-state index is 0.314. The van der Waals surface area contributed by atoms with E-state index in [-0.39, 0.29) is 0 Å². The van der Waals surface area contributed by atoms with Gasteiger partial charge >= 0.3 is 0 Å². The van der Waals surface area contributed by atoms with Gasteiger partial charge in [-0.25, -0.2) is 0 Å². The molecule has 0 spiro atoms. The van der Waals surface area contributed by atoms with E-state index in [0.717, 1.165) is 24.9 Å². The van der Waals surface area contributed by atoms with Crippen molar-refractivity contribution in [1.82, 2.24) is 15.0 Å². The van der Waals surface area contributed by atoms with E-state index in [9.17, 15) is 4.79 Å². The fourth-order valence-electron chi connectivity index (χ4n) is 1.60. The van der Waals surface area contributed by atoms with E-state index < -0.39 is 0 Å². The molecule has 0 saturated carbocycles. The van der Waals surface area contributed by atoms with Gasteiger partial charge in [0.05, 0.1) is 11.8 Å². The Morgan fingerprint density at radius 1 is 1.39 bits per heavy atom. The second-order valence-electron chi connectivity index (χ2n) is 3.92. The molecule has 0 aliphatic carbocycles. The highest BCUT2D eigenvalue weighted by molar-refractivity contribution is 5.79. The Morgan fingerprint density at radius 2 is 2.22 bits per heavy atom. The Morgan fingerprint density at radius 3 is 3.00 bits per heavy atom. The van der Waals surface area contributed by atoms with E-state index in [0.29, 0.717) is 17.9 Å². The van der Waals surface area contributed by atoms with Crippen LogP contribution in [0.3, 0.4) is 0 Å². The van der Waals surface area contributed by atoms with Crippen molar-refractivity contribution in [1.29, 1.82) is 0 Å². The molecular weight excluding hydrogens is 230 g/mol. The molecule has 0 N–H and O–H groups in total. The van der Waals surface area contributed by atoms with E-state index in [1.165, 1.54) is 0 Å². The van der Waals surface area contributed by atoms with Gasteiger partial charge in [-0.1, -0.05) is 24.3 Å². The summed E-state index contributed by atoms with van der Waals surface area (Å²) >= 11 is 0. The van der Waals surface area contributed by atoms with Gasteiger partial charge in [0, 0.05) is 6.54 Å². The number of ether oxygens (including phenoxy) is 1. The molecule has 0 radical (unpaired) electrons. The zero-order valence-electron chi connectivity index (χ0n) is 10.2. The monoisotopic (exact) mass is 245 g/mol. The SMILES string of the molecule is CCCn1cc(COc2ccccc2C=O)nn1. The standard InChI is InChI=1S/C13H15N3O2/c1-2-7-16-8-12(14-15-16)10-18-13-6-4-3-5-11(13)9-17/h3-6,8-9H,2,7,10H2,1H3. The van der Waals surface area contributed by atoms with Crippen LogP contribution in [0, 0.1) is 0 Å². The van der Waals surface area contributed by atoms with Crippen LogP contribution in [0.4, 0.5) is 0 Å². The number of carbonyl (C=O) groups excluding carboxylic acids is 1. The molecule has 5 nitrogen and oxygen atoms in total. The Labute approximate surface area is 105 Å². The fraction of sp³-hybridized carbons (Fsp3) is 0.308. The number of carbonyl (C=O) groups is 1. The summed E-state index contributed by atoms with van der Waals surface area (Å²) < 4.78 is 7.34. The molecule has 2 aromatic rings. The number of aldehydes is 1. The van der Waals surface area contributed by atoms with E-state index in [4.69, 9.17) is 4.74 Å². The van der Waals surface area contributed by atoms with Crippen LogP contribution in [-0.4, -0.2) is 21.3 Å². The van der Waals surface area contributed by atoms with Crippen molar-refractivity contribution in [2.45, 2.75) is 26.5 Å². The van der Waals surface area contributed by atoms with Crippen LogP contribution >= 0.6 is 0 Å². The molecule has 5 heteroatoms. The van der Waals surface area contributed by atoms with Gasteiger partial charge in [0.15, 0.2) is 6.29 Å². The van der Waals surface area contributed by atoms with Gasteiger partial charge in [-0.2, -0.15) is 0 Å². The highest BCUT2D eigenvalue weighted by Crippen LogP contribution is 2.16.